The topological polar surface area (TPSA) is 108 Å². The number of pyridine rings is 1. The maximum atomic E-state index is 15.3. The first-order chi connectivity index (χ1) is 21.5. The minimum absolute atomic E-state index is 0.0102. The fourth-order valence-electron chi connectivity index (χ4n) is 5.50. The predicted octanol–water partition coefficient (Wildman–Crippen LogP) is 5.80. The van der Waals surface area contributed by atoms with Gasteiger partial charge in [0.1, 0.15) is 18.3 Å². The fourth-order valence-corrected chi connectivity index (χ4v) is 5.50. The van der Waals surface area contributed by atoms with Crippen molar-refractivity contribution in [3.63, 3.8) is 0 Å². The Morgan fingerprint density at radius 1 is 1.02 bits per heavy atom. The van der Waals surface area contributed by atoms with E-state index in [1.54, 1.807) is 42.9 Å². The Kier molecular flexibility index (Phi) is 7.03. The van der Waals surface area contributed by atoms with Crippen molar-refractivity contribution in [1.82, 2.24) is 24.5 Å². The van der Waals surface area contributed by atoms with Crippen molar-refractivity contribution < 1.29 is 23.0 Å². The number of rotatable bonds is 10. The van der Waals surface area contributed by atoms with Crippen LogP contribution >= 0.6 is 0 Å². The number of anilines is 1. The van der Waals surface area contributed by atoms with Crippen LogP contribution in [0.2, 0.25) is 0 Å². The lowest BCUT2D eigenvalue weighted by molar-refractivity contribution is 0.137. The molecule has 0 amide bonds. The van der Waals surface area contributed by atoms with E-state index in [4.69, 9.17) is 14.2 Å². The van der Waals surface area contributed by atoms with Gasteiger partial charge in [-0.15, -0.1) is 0 Å². The van der Waals surface area contributed by atoms with E-state index < -0.39 is 11.6 Å². The average molecular weight is 597 g/mol. The van der Waals surface area contributed by atoms with Crippen LogP contribution in [0.5, 0.6) is 17.4 Å². The molecule has 7 rings (SSSR count). The van der Waals surface area contributed by atoms with E-state index in [1.165, 1.54) is 42.0 Å². The minimum atomic E-state index is -0.558. The monoisotopic (exact) mass is 596 g/mol. The van der Waals surface area contributed by atoms with Gasteiger partial charge in [-0.1, -0.05) is 0 Å². The van der Waals surface area contributed by atoms with Crippen molar-refractivity contribution in [2.45, 2.75) is 19.6 Å². The van der Waals surface area contributed by atoms with Gasteiger partial charge in [0.25, 0.3) is 5.56 Å². The molecule has 0 bridgehead atoms. The third-order valence-corrected chi connectivity index (χ3v) is 7.56. The van der Waals surface area contributed by atoms with Crippen molar-refractivity contribution >= 4 is 16.6 Å². The van der Waals surface area contributed by atoms with Crippen LogP contribution in [0.25, 0.3) is 27.7 Å². The summed E-state index contributed by atoms with van der Waals surface area (Å²) in [5.74, 6) is -0.0817. The van der Waals surface area contributed by atoms with Crippen molar-refractivity contribution in [3.05, 3.63) is 112 Å². The van der Waals surface area contributed by atoms with Crippen LogP contribution in [0.4, 0.5) is 14.5 Å². The lowest BCUT2D eigenvalue weighted by atomic mass is 9.98. The van der Waals surface area contributed by atoms with Crippen LogP contribution in [0.15, 0.2) is 84.0 Å². The summed E-state index contributed by atoms with van der Waals surface area (Å²) in [4.78, 5) is 13.1. The molecule has 0 fully saturated rings. The molecular formula is C32H26F2N6O4. The zero-order chi connectivity index (χ0) is 30.2. The second-order valence-electron chi connectivity index (χ2n) is 10.2. The molecule has 2 N–H and O–H groups in total. The molecule has 4 heterocycles. The standard InChI is InChI=1S/C32H26F2N6O4/c1-42-29-9-2-19(32(41)40(29)24-6-3-22(33)4-7-24)17-43-18-35-23-5-8-27(26(34)13-23)44-28-12-20-16-38-39-11-10-25(31(20)39)30(28)21-14-36-37-15-21/h2-9,12-16,35H,10-11,17-18H2,1H3,(H,36,37). The zero-order valence-electron chi connectivity index (χ0n) is 23.5. The summed E-state index contributed by atoms with van der Waals surface area (Å²) in [5, 5.41) is 15.3. The number of halogens is 2. The van der Waals surface area contributed by atoms with Crippen molar-refractivity contribution in [2.75, 3.05) is 19.2 Å². The van der Waals surface area contributed by atoms with Crippen LogP contribution in [0.1, 0.15) is 11.1 Å². The highest BCUT2D eigenvalue weighted by Gasteiger charge is 2.25. The van der Waals surface area contributed by atoms with Gasteiger partial charge >= 0.3 is 0 Å². The van der Waals surface area contributed by atoms with Crippen LogP contribution < -0.4 is 20.3 Å². The SMILES string of the molecule is COc1ccc(COCNc2ccc(Oc3cc4cnn5c4c(c3-c3cn[nH]c3)CC5)c(F)c2)c(=O)n1-c1ccc(F)cc1. The zero-order valence-corrected chi connectivity index (χ0v) is 23.5. The lowest BCUT2D eigenvalue weighted by Gasteiger charge is -2.15. The number of ether oxygens (including phenoxy) is 3. The number of methoxy groups -OCH3 is 1. The van der Waals surface area contributed by atoms with Crippen LogP contribution in [0, 0.1) is 11.6 Å². The van der Waals surface area contributed by atoms with Gasteiger partial charge in [-0.25, -0.2) is 13.3 Å². The number of hydrogen-bond acceptors (Lipinski definition) is 7. The molecule has 44 heavy (non-hydrogen) atoms. The molecule has 0 unspecified atom stereocenters. The van der Waals surface area contributed by atoms with Gasteiger partial charge in [0.2, 0.25) is 5.88 Å². The van der Waals surface area contributed by atoms with E-state index in [1.807, 2.05) is 10.7 Å². The van der Waals surface area contributed by atoms with E-state index in [9.17, 15) is 9.18 Å². The van der Waals surface area contributed by atoms with E-state index >= 15 is 4.39 Å². The van der Waals surface area contributed by atoms with Crippen LogP contribution in [0.3, 0.4) is 0 Å². The predicted molar refractivity (Wildman–Crippen MR) is 159 cm³/mol. The molecule has 1 aliphatic heterocycles. The summed E-state index contributed by atoms with van der Waals surface area (Å²) in [6.45, 7) is 0.766. The maximum Gasteiger partial charge on any atom is 0.263 e. The largest absolute Gasteiger partial charge is 0.482 e. The van der Waals surface area contributed by atoms with Crippen molar-refractivity contribution in [3.8, 4) is 34.2 Å². The quantitative estimate of drug-likeness (QED) is 0.152. The van der Waals surface area contributed by atoms with Gasteiger partial charge in [0, 0.05) is 46.6 Å². The Morgan fingerprint density at radius 2 is 1.89 bits per heavy atom. The highest BCUT2D eigenvalue weighted by atomic mass is 19.1. The normalized spacial score (nSPS) is 12.2. The fraction of sp³-hybridized carbons (Fsp3) is 0.156. The highest BCUT2D eigenvalue weighted by molar-refractivity contribution is 5.93. The van der Waals surface area contributed by atoms with Gasteiger partial charge in [-0.3, -0.25) is 14.6 Å². The molecule has 0 spiro atoms. The summed E-state index contributed by atoms with van der Waals surface area (Å²) in [7, 11) is 1.45. The molecule has 12 heteroatoms. The molecule has 0 saturated heterocycles. The molecule has 10 nitrogen and oxygen atoms in total. The van der Waals surface area contributed by atoms with Gasteiger partial charge in [0.05, 0.1) is 37.3 Å². The van der Waals surface area contributed by atoms with Crippen LogP contribution in [-0.2, 0) is 24.3 Å². The summed E-state index contributed by atoms with van der Waals surface area (Å²) in [6, 6.07) is 15.2. The molecule has 3 aromatic carbocycles. The number of hydrogen-bond donors (Lipinski definition) is 2. The van der Waals surface area contributed by atoms with E-state index in [0.29, 0.717) is 28.6 Å². The van der Waals surface area contributed by atoms with Crippen molar-refractivity contribution in [2.24, 2.45) is 0 Å². The second kappa shape index (κ2) is 11.3. The number of aromatic amines is 1. The van der Waals surface area contributed by atoms with Crippen molar-refractivity contribution in [1.29, 1.82) is 0 Å². The number of H-pyrrole nitrogens is 1. The Bertz CT molecular complexity index is 2040. The number of aromatic nitrogens is 5. The molecular weight excluding hydrogens is 570 g/mol. The van der Waals surface area contributed by atoms with Gasteiger partial charge in [-0.05, 0) is 66.6 Å². The highest BCUT2D eigenvalue weighted by Crippen LogP contribution is 2.43. The minimum Gasteiger partial charge on any atom is -0.482 e. The third kappa shape index (κ3) is 4.94. The smallest absolute Gasteiger partial charge is 0.263 e. The van der Waals surface area contributed by atoms with Gasteiger partial charge < -0.3 is 19.5 Å². The van der Waals surface area contributed by atoms with E-state index in [2.05, 4.69) is 20.6 Å². The van der Waals surface area contributed by atoms with E-state index in [0.717, 1.165) is 40.6 Å². The second-order valence-corrected chi connectivity index (χ2v) is 10.2. The number of aryl methyl sites for hydroxylation is 2. The molecule has 0 radical (unpaired) electrons. The Hall–Kier alpha value is -5.49. The van der Waals surface area contributed by atoms with Gasteiger partial charge in [-0.2, -0.15) is 10.2 Å². The average Bonchev–Trinajstić information content (AvgIpc) is 3.80. The third-order valence-electron chi connectivity index (χ3n) is 7.56. The Morgan fingerprint density at radius 3 is 2.66 bits per heavy atom. The Labute approximate surface area is 249 Å². The number of benzene rings is 3. The molecule has 0 aliphatic carbocycles. The first kappa shape index (κ1) is 27.3. The maximum absolute atomic E-state index is 15.3. The molecule has 0 atom stereocenters. The van der Waals surface area contributed by atoms with Crippen LogP contribution in [-0.4, -0.2) is 38.4 Å². The first-order valence-corrected chi connectivity index (χ1v) is 13.8. The Balaban J connectivity index is 1.05. The number of nitrogens with zero attached hydrogens (tertiary/aromatic N) is 4. The summed E-state index contributed by atoms with van der Waals surface area (Å²) in [5.41, 5.74) is 4.79. The number of nitrogens with one attached hydrogen (secondary N) is 2. The molecule has 1 aliphatic rings. The molecule has 0 saturated carbocycles. The summed E-state index contributed by atoms with van der Waals surface area (Å²) < 4.78 is 49.1. The summed E-state index contributed by atoms with van der Waals surface area (Å²) in [6.07, 6.45) is 6.09. The molecule has 222 valence electrons. The first-order valence-electron chi connectivity index (χ1n) is 13.8. The summed E-state index contributed by atoms with van der Waals surface area (Å²) >= 11 is 0. The lowest BCUT2D eigenvalue weighted by Crippen LogP contribution is -2.24. The van der Waals surface area contributed by atoms with Gasteiger partial charge in [0.15, 0.2) is 11.6 Å². The van der Waals surface area contributed by atoms with E-state index in [-0.39, 0.29) is 24.6 Å². The molecule has 3 aromatic heterocycles. The molecule has 6 aromatic rings.